The third-order valence-electron chi connectivity index (χ3n) is 2.53. The van der Waals surface area contributed by atoms with E-state index in [-0.39, 0.29) is 5.82 Å². The van der Waals surface area contributed by atoms with Gasteiger partial charge in [-0.25, -0.2) is 4.39 Å². The molecule has 0 bridgehead atoms. The Kier molecular flexibility index (Phi) is 4.73. The molecule has 0 aliphatic carbocycles. The number of hydrogen-bond acceptors (Lipinski definition) is 3. The molecule has 96 valence electrons. The average Bonchev–Trinajstić information content (AvgIpc) is 2.88. The van der Waals surface area contributed by atoms with Gasteiger partial charge in [0.25, 0.3) is 0 Å². The van der Waals surface area contributed by atoms with Crippen LogP contribution in [0.5, 0.6) is 5.75 Å². The zero-order valence-electron chi connectivity index (χ0n) is 10.3. The summed E-state index contributed by atoms with van der Waals surface area (Å²) in [6, 6.07) is 9.03. The van der Waals surface area contributed by atoms with Crippen molar-refractivity contribution in [3.05, 3.63) is 52.0 Å². The highest BCUT2D eigenvalue weighted by molar-refractivity contribution is 7.09. The van der Waals surface area contributed by atoms with Crippen molar-refractivity contribution in [3.63, 3.8) is 0 Å². The van der Waals surface area contributed by atoms with Gasteiger partial charge in [0.15, 0.2) is 11.6 Å². The molecule has 0 spiro atoms. The van der Waals surface area contributed by atoms with Gasteiger partial charge in [0.05, 0.1) is 0 Å². The number of benzene rings is 1. The molecule has 0 saturated carbocycles. The number of halogens is 1. The molecule has 18 heavy (non-hydrogen) atoms. The fraction of sp³-hybridized carbons (Fsp3) is 0.286. The highest BCUT2D eigenvalue weighted by Gasteiger charge is 2.05. The summed E-state index contributed by atoms with van der Waals surface area (Å²) < 4.78 is 19.2. The average molecular weight is 265 g/mol. The Morgan fingerprint density at radius 2 is 2.22 bits per heavy atom. The molecule has 2 rings (SSSR count). The van der Waals surface area contributed by atoms with Crippen molar-refractivity contribution in [1.82, 2.24) is 5.32 Å². The Balaban J connectivity index is 1.96. The Morgan fingerprint density at radius 3 is 2.89 bits per heavy atom. The maximum atomic E-state index is 13.8. The lowest BCUT2D eigenvalue weighted by molar-refractivity contribution is 0.293. The summed E-state index contributed by atoms with van der Waals surface area (Å²) in [6.45, 7) is 3.99. The van der Waals surface area contributed by atoms with Crippen LogP contribution in [0.4, 0.5) is 4.39 Å². The van der Waals surface area contributed by atoms with Crippen molar-refractivity contribution in [3.8, 4) is 5.75 Å². The molecule has 0 atom stereocenters. The van der Waals surface area contributed by atoms with Crippen LogP contribution in [-0.4, -0.2) is 6.54 Å². The van der Waals surface area contributed by atoms with E-state index in [0.29, 0.717) is 18.9 Å². The lowest BCUT2D eigenvalue weighted by atomic mass is 10.2. The molecule has 0 unspecified atom stereocenters. The van der Waals surface area contributed by atoms with Crippen molar-refractivity contribution >= 4 is 11.3 Å². The van der Waals surface area contributed by atoms with Gasteiger partial charge in [0.2, 0.25) is 0 Å². The van der Waals surface area contributed by atoms with Crippen LogP contribution < -0.4 is 10.1 Å². The lowest BCUT2D eigenvalue weighted by Crippen LogP contribution is -2.11. The van der Waals surface area contributed by atoms with Gasteiger partial charge in [-0.05, 0) is 35.7 Å². The minimum absolute atomic E-state index is 0.304. The van der Waals surface area contributed by atoms with Gasteiger partial charge in [-0.3, -0.25) is 0 Å². The Hall–Kier alpha value is -1.39. The molecule has 1 aromatic heterocycles. The molecule has 2 aromatic rings. The highest BCUT2D eigenvalue weighted by Crippen LogP contribution is 2.20. The maximum absolute atomic E-state index is 13.8. The second kappa shape index (κ2) is 6.52. The maximum Gasteiger partial charge on any atom is 0.165 e. The van der Waals surface area contributed by atoms with Crippen LogP contribution in [0.3, 0.4) is 0 Å². The van der Waals surface area contributed by atoms with Gasteiger partial charge in [-0.1, -0.05) is 19.1 Å². The summed E-state index contributed by atoms with van der Waals surface area (Å²) in [5.74, 6) is 0.00519. The number of thiophene rings is 1. The van der Waals surface area contributed by atoms with Crippen molar-refractivity contribution in [2.75, 3.05) is 6.54 Å². The van der Waals surface area contributed by atoms with E-state index in [1.165, 1.54) is 6.07 Å². The number of nitrogens with one attached hydrogen (secondary N) is 1. The monoisotopic (exact) mass is 265 g/mol. The van der Waals surface area contributed by atoms with E-state index in [1.807, 2.05) is 30.5 Å². The molecule has 1 heterocycles. The van der Waals surface area contributed by atoms with Crippen molar-refractivity contribution in [2.24, 2.45) is 0 Å². The van der Waals surface area contributed by atoms with E-state index in [1.54, 1.807) is 17.4 Å². The zero-order valence-corrected chi connectivity index (χ0v) is 11.1. The van der Waals surface area contributed by atoms with Gasteiger partial charge in [0.1, 0.15) is 6.61 Å². The van der Waals surface area contributed by atoms with E-state index in [0.717, 1.165) is 17.0 Å². The smallest absolute Gasteiger partial charge is 0.165 e. The molecule has 1 aromatic carbocycles. The number of ether oxygens (including phenoxy) is 1. The fourth-order valence-electron chi connectivity index (χ4n) is 1.58. The minimum Gasteiger partial charge on any atom is -0.485 e. The molecule has 0 saturated heterocycles. The van der Waals surface area contributed by atoms with E-state index in [9.17, 15) is 4.39 Å². The van der Waals surface area contributed by atoms with Crippen LogP contribution in [0, 0.1) is 5.82 Å². The minimum atomic E-state index is -0.304. The standard InChI is InChI=1S/C14H16FNOS/c1-2-16-9-11-5-6-14(13(15)8-11)17-10-12-4-3-7-18-12/h3-8,16H,2,9-10H2,1H3. The first-order chi connectivity index (χ1) is 8.79. The molecular weight excluding hydrogens is 249 g/mol. The van der Waals surface area contributed by atoms with Crippen LogP contribution in [0.25, 0.3) is 0 Å². The van der Waals surface area contributed by atoms with Crippen LogP contribution in [0.15, 0.2) is 35.7 Å². The summed E-state index contributed by atoms with van der Waals surface area (Å²) in [4.78, 5) is 1.09. The molecule has 0 radical (unpaired) electrons. The second-order valence-corrected chi connectivity index (χ2v) is 4.95. The lowest BCUT2D eigenvalue weighted by Gasteiger charge is -2.08. The first kappa shape index (κ1) is 13.1. The summed E-state index contributed by atoms with van der Waals surface area (Å²) in [6.07, 6.45) is 0. The van der Waals surface area contributed by atoms with Gasteiger partial charge < -0.3 is 10.1 Å². The molecule has 0 aliphatic heterocycles. The number of rotatable bonds is 6. The molecule has 0 fully saturated rings. The highest BCUT2D eigenvalue weighted by atomic mass is 32.1. The summed E-state index contributed by atoms with van der Waals surface area (Å²) in [5, 5.41) is 5.14. The third-order valence-corrected chi connectivity index (χ3v) is 3.38. The molecular formula is C14H16FNOS. The van der Waals surface area contributed by atoms with Crippen LogP contribution in [0.2, 0.25) is 0 Å². The van der Waals surface area contributed by atoms with Crippen LogP contribution >= 0.6 is 11.3 Å². The number of hydrogen-bond donors (Lipinski definition) is 1. The van der Waals surface area contributed by atoms with E-state index in [2.05, 4.69) is 5.32 Å². The topological polar surface area (TPSA) is 21.3 Å². The first-order valence-electron chi connectivity index (χ1n) is 5.94. The second-order valence-electron chi connectivity index (χ2n) is 3.91. The summed E-state index contributed by atoms with van der Waals surface area (Å²) in [7, 11) is 0. The predicted octanol–water partition coefficient (Wildman–Crippen LogP) is 3.58. The third kappa shape index (κ3) is 3.55. The van der Waals surface area contributed by atoms with Crippen molar-refractivity contribution in [2.45, 2.75) is 20.1 Å². The fourth-order valence-corrected chi connectivity index (χ4v) is 2.20. The van der Waals surface area contributed by atoms with Crippen molar-refractivity contribution in [1.29, 1.82) is 0 Å². The molecule has 0 aliphatic rings. The van der Waals surface area contributed by atoms with E-state index < -0.39 is 0 Å². The van der Waals surface area contributed by atoms with Gasteiger partial charge >= 0.3 is 0 Å². The first-order valence-corrected chi connectivity index (χ1v) is 6.82. The van der Waals surface area contributed by atoms with E-state index >= 15 is 0 Å². The Morgan fingerprint density at radius 1 is 1.33 bits per heavy atom. The van der Waals surface area contributed by atoms with Gasteiger partial charge in [0, 0.05) is 11.4 Å². The predicted molar refractivity (Wildman–Crippen MR) is 72.4 cm³/mol. The SMILES string of the molecule is CCNCc1ccc(OCc2cccs2)c(F)c1. The largest absolute Gasteiger partial charge is 0.485 e. The summed E-state index contributed by atoms with van der Waals surface area (Å²) >= 11 is 1.60. The van der Waals surface area contributed by atoms with Crippen LogP contribution in [-0.2, 0) is 13.2 Å². The Labute approximate surface area is 110 Å². The normalized spacial score (nSPS) is 10.6. The molecule has 0 amide bonds. The molecule has 4 heteroatoms. The molecule has 2 nitrogen and oxygen atoms in total. The van der Waals surface area contributed by atoms with E-state index in [4.69, 9.17) is 4.74 Å². The quantitative estimate of drug-likeness (QED) is 0.862. The molecule has 1 N–H and O–H groups in total. The van der Waals surface area contributed by atoms with Gasteiger partial charge in [-0.15, -0.1) is 11.3 Å². The van der Waals surface area contributed by atoms with Crippen molar-refractivity contribution < 1.29 is 9.13 Å². The zero-order chi connectivity index (χ0) is 12.8. The summed E-state index contributed by atoms with van der Waals surface area (Å²) in [5.41, 5.74) is 0.929. The van der Waals surface area contributed by atoms with Gasteiger partial charge in [-0.2, -0.15) is 0 Å². The Bertz CT molecular complexity index is 485. The van der Waals surface area contributed by atoms with Crippen LogP contribution in [0.1, 0.15) is 17.4 Å².